The number of hydrogen-bond acceptors (Lipinski definition) is 3. The number of rotatable bonds is 4. The number of nitrogens with zero attached hydrogens (tertiary/aromatic N) is 1. The Morgan fingerprint density at radius 1 is 1.33 bits per heavy atom. The van der Waals surface area contributed by atoms with Crippen LogP contribution in [0.1, 0.15) is 27.2 Å². The quantitative estimate of drug-likeness (QED) is 0.839. The molecule has 0 saturated heterocycles. The van der Waals surface area contributed by atoms with E-state index in [9.17, 15) is 9.59 Å². The van der Waals surface area contributed by atoms with Gasteiger partial charge < -0.3 is 15.5 Å². The largest absolute Gasteiger partial charge is 0.332 e. The molecule has 0 unspecified atom stereocenters. The number of amides is 2. The van der Waals surface area contributed by atoms with Crippen LogP contribution in [-0.4, -0.2) is 24.0 Å². The average Bonchev–Trinajstić information content (AvgIpc) is 2.36. The topological polar surface area (TPSA) is 61.4 Å². The molecule has 5 nitrogen and oxygen atoms in total. The van der Waals surface area contributed by atoms with Crippen LogP contribution in [0.2, 0.25) is 0 Å². The summed E-state index contributed by atoms with van der Waals surface area (Å²) in [7, 11) is 1.70. The molecule has 0 radical (unpaired) electrons. The standard InChI is InChI=1S/C15H21N3O2S/c1-10(2)8-14(20)17-15(21)16-12-6-5-7-13(9-12)18(4)11(3)19/h5-7,9-10H,8H2,1-4H3,(H2,16,17,20,21). The molecular weight excluding hydrogens is 286 g/mol. The van der Waals surface area contributed by atoms with E-state index in [0.29, 0.717) is 6.42 Å². The van der Waals surface area contributed by atoms with Crippen molar-refractivity contribution in [2.45, 2.75) is 27.2 Å². The van der Waals surface area contributed by atoms with Gasteiger partial charge in [-0.1, -0.05) is 19.9 Å². The lowest BCUT2D eigenvalue weighted by atomic mass is 10.1. The fraction of sp³-hybridized carbons (Fsp3) is 0.400. The number of benzene rings is 1. The molecule has 1 aromatic carbocycles. The highest BCUT2D eigenvalue weighted by molar-refractivity contribution is 7.80. The summed E-state index contributed by atoms with van der Waals surface area (Å²) in [5.74, 6) is 0.111. The van der Waals surface area contributed by atoms with Gasteiger partial charge in [-0.3, -0.25) is 9.59 Å². The van der Waals surface area contributed by atoms with Crippen molar-refractivity contribution in [3.8, 4) is 0 Å². The zero-order valence-corrected chi connectivity index (χ0v) is 13.6. The molecular formula is C15H21N3O2S. The maximum Gasteiger partial charge on any atom is 0.226 e. The lowest BCUT2D eigenvalue weighted by Crippen LogP contribution is -2.34. The third-order valence-corrected chi connectivity index (χ3v) is 3.01. The summed E-state index contributed by atoms with van der Waals surface area (Å²) < 4.78 is 0. The van der Waals surface area contributed by atoms with Gasteiger partial charge in [0.2, 0.25) is 11.8 Å². The Labute approximate surface area is 130 Å². The first kappa shape index (κ1) is 17.1. The second-order valence-corrected chi connectivity index (χ2v) is 5.64. The number of carbonyl (C=O) groups is 2. The molecule has 1 aromatic rings. The summed E-state index contributed by atoms with van der Waals surface area (Å²) in [6.07, 6.45) is 0.426. The van der Waals surface area contributed by atoms with Gasteiger partial charge in [-0.15, -0.1) is 0 Å². The maximum absolute atomic E-state index is 11.6. The molecule has 6 heteroatoms. The molecule has 0 atom stereocenters. The molecule has 0 aliphatic rings. The van der Waals surface area contributed by atoms with Crippen molar-refractivity contribution in [3.05, 3.63) is 24.3 Å². The highest BCUT2D eigenvalue weighted by Crippen LogP contribution is 2.18. The predicted molar refractivity (Wildman–Crippen MR) is 89.3 cm³/mol. The van der Waals surface area contributed by atoms with Crippen molar-refractivity contribution in [1.29, 1.82) is 0 Å². The van der Waals surface area contributed by atoms with Crippen molar-refractivity contribution in [1.82, 2.24) is 5.32 Å². The van der Waals surface area contributed by atoms with Crippen molar-refractivity contribution in [3.63, 3.8) is 0 Å². The fourth-order valence-electron chi connectivity index (χ4n) is 1.68. The SMILES string of the molecule is CC(=O)N(C)c1cccc(NC(=S)NC(=O)CC(C)C)c1. The van der Waals surface area contributed by atoms with E-state index in [1.807, 2.05) is 32.0 Å². The first-order valence-corrected chi connectivity index (χ1v) is 7.15. The van der Waals surface area contributed by atoms with Gasteiger partial charge in [0.05, 0.1) is 0 Å². The van der Waals surface area contributed by atoms with E-state index in [0.717, 1.165) is 11.4 Å². The highest BCUT2D eigenvalue weighted by atomic mass is 32.1. The van der Waals surface area contributed by atoms with E-state index in [1.165, 1.54) is 11.8 Å². The Hall–Kier alpha value is -1.95. The molecule has 2 N–H and O–H groups in total. The number of anilines is 2. The lowest BCUT2D eigenvalue weighted by molar-refractivity contribution is -0.120. The number of thiocarbonyl (C=S) groups is 1. The second kappa shape index (κ2) is 7.73. The monoisotopic (exact) mass is 307 g/mol. The zero-order chi connectivity index (χ0) is 16.0. The Balaban J connectivity index is 2.66. The van der Waals surface area contributed by atoms with Crippen LogP contribution >= 0.6 is 12.2 Å². The molecule has 0 bridgehead atoms. The molecule has 1 rings (SSSR count). The van der Waals surface area contributed by atoms with Crippen molar-refractivity contribution in [2.24, 2.45) is 5.92 Å². The van der Waals surface area contributed by atoms with E-state index < -0.39 is 0 Å². The van der Waals surface area contributed by atoms with Gasteiger partial charge in [0, 0.05) is 31.8 Å². The van der Waals surface area contributed by atoms with Crippen LogP contribution < -0.4 is 15.5 Å². The Morgan fingerprint density at radius 2 is 2.00 bits per heavy atom. The lowest BCUT2D eigenvalue weighted by Gasteiger charge is -2.17. The summed E-state index contributed by atoms with van der Waals surface area (Å²) in [4.78, 5) is 24.5. The molecule has 114 valence electrons. The minimum absolute atomic E-state index is 0.0556. The second-order valence-electron chi connectivity index (χ2n) is 5.23. The van der Waals surface area contributed by atoms with Crippen LogP contribution in [0.15, 0.2) is 24.3 Å². The van der Waals surface area contributed by atoms with Crippen LogP contribution in [0.4, 0.5) is 11.4 Å². The van der Waals surface area contributed by atoms with Crippen LogP contribution in [0.3, 0.4) is 0 Å². The number of hydrogen-bond donors (Lipinski definition) is 2. The average molecular weight is 307 g/mol. The molecule has 2 amide bonds. The first-order chi connectivity index (χ1) is 9.79. The van der Waals surface area contributed by atoms with E-state index in [1.54, 1.807) is 13.1 Å². The fourth-order valence-corrected chi connectivity index (χ4v) is 1.92. The van der Waals surface area contributed by atoms with Crippen molar-refractivity contribution >= 4 is 40.5 Å². The summed E-state index contributed by atoms with van der Waals surface area (Å²) in [5, 5.41) is 5.83. The van der Waals surface area contributed by atoms with Crippen molar-refractivity contribution in [2.75, 3.05) is 17.3 Å². The van der Waals surface area contributed by atoms with Gasteiger partial charge in [0.15, 0.2) is 5.11 Å². The summed E-state index contributed by atoms with van der Waals surface area (Å²) in [6, 6.07) is 7.25. The number of nitrogens with one attached hydrogen (secondary N) is 2. The van der Waals surface area contributed by atoms with Crippen LogP contribution in [-0.2, 0) is 9.59 Å². The number of carbonyl (C=O) groups excluding carboxylic acids is 2. The zero-order valence-electron chi connectivity index (χ0n) is 12.8. The summed E-state index contributed by atoms with van der Waals surface area (Å²) >= 11 is 5.10. The molecule has 0 spiro atoms. The molecule has 0 aromatic heterocycles. The van der Waals surface area contributed by atoms with Crippen LogP contribution in [0, 0.1) is 5.92 Å². The summed E-state index contributed by atoms with van der Waals surface area (Å²) in [6.45, 7) is 5.44. The first-order valence-electron chi connectivity index (χ1n) is 6.74. The highest BCUT2D eigenvalue weighted by Gasteiger charge is 2.09. The third-order valence-electron chi connectivity index (χ3n) is 2.81. The molecule has 0 fully saturated rings. The smallest absolute Gasteiger partial charge is 0.226 e. The van der Waals surface area contributed by atoms with Gasteiger partial charge in [-0.05, 0) is 36.3 Å². The Kier molecular flexibility index (Phi) is 6.30. The summed E-state index contributed by atoms with van der Waals surface area (Å²) in [5.41, 5.74) is 1.47. The Morgan fingerprint density at radius 3 is 2.57 bits per heavy atom. The van der Waals surface area contributed by atoms with Crippen LogP contribution in [0.5, 0.6) is 0 Å². The minimum Gasteiger partial charge on any atom is -0.332 e. The predicted octanol–water partition coefficient (Wildman–Crippen LogP) is 2.53. The Bertz CT molecular complexity index is 543. The normalized spacial score (nSPS) is 10.1. The van der Waals surface area contributed by atoms with E-state index in [2.05, 4.69) is 10.6 Å². The van der Waals surface area contributed by atoms with Gasteiger partial charge in [0.25, 0.3) is 0 Å². The molecule has 0 saturated carbocycles. The molecule has 0 heterocycles. The molecule has 0 aliphatic heterocycles. The van der Waals surface area contributed by atoms with Crippen molar-refractivity contribution < 1.29 is 9.59 Å². The maximum atomic E-state index is 11.6. The minimum atomic E-state index is -0.112. The van der Waals surface area contributed by atoms with Gasteiger partial charge in [0.1, 0.15) is 0 Å². The van der Waals surface area contributed by atoms with E-state index in [4.69, 9.17) is 12.2 Å². The molecule has 0 aliphatic carbocycles. The van der Waals surface area contributed by atoms with Gasteiger partial charge in [-0.25, -0.2) is 0 Å². The van der Waals surface area contributed by atoms with Crippen LogP contribution in [0.25, 0.3) is 0 Å². The van der Waals surface area contributed by atoms with Gasteiger partial charge >= 0.3 is 0 Å². The third kappa shape index (κ3) is 5.91. The molecule has 21 heavy (non-hydrogen) atoms. The van der Waals surface area contributed by atoms with E-state index in [-0.39, 0.29) is 22.8 Å². The van der Waals surface area contributed by atoms with Gasteiger partial charge in [-0.2, -0.15) is 0 Å². The van der Waals surface area contributed by atoms with E-state index >= 15 is 0 Å².